The molecule has 0 saturated carbocycles. The fraction of sp³-hybridized carbons (Fsp3) is 0.300. The summed E-state index contributed by atoms with van der Waals surface area (Å²) in [6, 6.07) is 15.5. The first-order valence-corrected chi connectivity index (χ1v) is 7.80. The lowest BCUT2D eigenvalue weighted by Crippen LogP contribution is -2.19. The van der Waals surface area contributed by atoms with Crippen LogP contribution in [0.2, 0.25) is 0 Å². The normalized spacial score (nSPS) is 24.8. The number of benzene rings is 2. The summed E-state index contributed by atoms with van der Waals surface area (Å²) in [6.45, 7) is 3.14. The van der Waals surface area contributed by atoms with Crippen LogP contribution in [0.3, 0.4) is 0 Å². The molecule has 21 heavy (non-hydrogen) atoms. The number of rotatable bonds is 1. The summed E-state index contributed by atoms with van der Waals surface area (Å²) in [5, 5.41) is 2.66. The summed E-state index contributed by atoms with van der Waals surface area (Å²) < 4.78 is 5.50. The SMILES string of the molecule is CC1CC2=C(C=COC2)C(c2ccc3ccccc3c2)C1. The minimum atomic E-state index is 0.522. The van der Waals surface area contributed by atoms with E-state index in [9.17, 15) is 0 Å². The number of hydrogen-bond acceptors (Lipinski definition) is 1. The predicted octanol–water partition coefficient (Wildman–Crippen LogP) is 5.19. The monoisotopic (exact) mass is 276 g/mol. The van der Waals surface area contributed by atoms with Gasteiger partial charge in [0, 0.05) is 5.92 Å². The maximum atomic E-state index is 5.50. The lowest BCUT2D eigenvalue weighted by molar-refractivity contribution is 0.256. The molecule has 4 rings (SSSR count). The number of hydrogen-bond donors (Lipinski definition) is 0. The molecule has 0 radical (unpaired) electrons. The van der Waals surface area contributed by atoms with Gasteiger partial charge in [-0.1, -0.05) is 49.4 Å². The van der Waals surface area contributed by atoms with E-state index in [4.69, 9.17) is 4.74 Å². The summed E-state index contributed by atoms with van der Waals surface area (Å²) in [4.78, 5) is 0. The van der Waals surface area contributed by atoms with E-state index in [1.165, 1.54) is 40.3 Å². The summed E-state index contributed by atoms with van der Waals surface area (Å²) >= 11 is 0. The van der Waals surface area contributed by atoms with Crippen LogP contribution >= 0.6 is 0 Å². The Hall–Kier alpha value is -2.02. The van der Waals surface area contributed by atoms with Gasteiger partial charge < -0.3 is 4.74 Å². The molecule has 0 fully saturated rings. The van der Waals surface area contributed by atoms with Crippen molar-refractivity contribution in [3.63, 3.8) is 0 Å². The van der Waals surface area contributed by atoms with Gasteiger partial charge in [0.15, 0.2) is 0 Å². The van der Waals surface area contributed by atoms with Crippen LogP contribution in [0.15, 0.2) is 65.9 Å². The van der Waals surface area contributed by atoms with Crippen LogP contribution in [0.4, 0.5) is 0 Å². The average molecular weight is 276 g/mol. The molecule has 2 aromatic carbocycles. The van der Waals surface area contributed by atoms with Crippen LogP contribution in [0.25, 0.3) is 10.8 Å². The maximum absolute atomic E-state index is 5.50. The Morgan fingerprint density at radius 3 is 2.81 bits per heavy atom. The quantitative estimate of drug-likeness (QED) is 0.696. The van der Waals surface area contributed by atoms with Crippen LogP contribution in [0.5, 0.6) is 0 Å². The Morgan fingerprint density at radius 2 is 1.90 bits per heavy atom. The van der Waals surface area contributed by atoms with Crippen molar-refractivity contribution in [1.29, 1.82) is 0 Å². The molecule has 1 aliphatic carbocycles. The van der Waals surface area contributed by atoms with Crippen molar-refractivity contribution in [3.05, 3.63) is 71.5 Å². The first-order chi connectivity index (χ1) is 10.3. The fourth-order valence-electron chi connectivity index (χ4n) is 3.78. The van der Waals surface area contributed by atoms with Crippen molar-refractivity contribution in [2.45, 2.75) is 25.7 Å². The highest BCUT2D eigenvalue weighted by Gasteiger charge is 2.28. The van der Waals surface area contributed by atoms with Crippen LogP contribution < -0.4 is 0 Å². The Kier molecular flexibility index (Phi) is 3.07. The predicted molar refractivity (Wildman–Crippen MR) is 87.2 cm³/mol. The molecule has 1 heteroatoms. The van der Waals surface area contributed by atoms with E-state index in [2.05, 4.69) is 55.5 Å². The molecule has 2 atom stereocenters. The number of ether oxygens (including phenoxy) is 1. The Balaban J connectivity index is 1.80. The Morgan fingerprint density at radius 1 is 1.05 bits per heavy atom. The van der Waals surface area contributed by atoms with Crippen LogP contribution in [-0.2, 0) is 4.74 Å². The van der Waals surface area contributed by atoms with Gasteiger partial charge in [-0.15, -0.1) is 0 Å². The van der Waals surface area contributed by atoms with Crippen molar-refractivity contribution in [2.24, 2.45) is 5.92 Å². The van der Waals surface area contributed by atoms with Gasteiger partial charge >= 0.3 is 0 Å². The van der Waals surface area contributed by atoms with Crippen LogP contribution in [-0.4, -0.2) is 6.61 Å². The third kappa shape index (κ3) is 2.27. The summed E-state index contributed by atoms with van der Waals surface area (Å²) in [6.07, 6.45) is 6.47. The van der Waals surface area contributed by atoms with Gasteiger partial charge in [-0.25, -0.2) is 0 Å². The van der Waals surface area contributed by atoms with E-state index in [-0.39, 0.29) is 0 Å². The molecule has 2 aromatic rings. The third-order valence-corrected chi connectivity index (χ3v) is 4.79. The average Bonchev–Trinajstić information content (AvgIpc) is 2.53. The molecule has 2 unspecified atom stereocenters. The van der Waals surface area contributed by atoms with Crippen LogP contribution in [0, 0.1) is 5.92 Å². The first-order valence-electron chi connectivity index (χ1n) is 7.80. The van der Waals surface area contributed by atoms with E-state index in [0.717, 1.165) is 12.5 Å². The lowest BCUT2D eigenvalue weighted by Gasteiger charge is -2.33. The smallest absolute Gasteiger partial charge is 0.109 e. The molecule has 2 aliphatic rings. The highest BCUT2D eigenvalue weighted by Crippen LogP contribution is 2.42. The standard InChI is InChI=1S/C20H20O/c1-14-10-18-13-21-9-8-19(18)20(11-14)17-7-6-15-4-2-3-5-16(15)12-17/h2-9,12,14,20H,10-11,13H2,1H3. The van der Waals surface area contributed by atoms with Crippen molar-refractivity contribution < 1.29 is 4.74 Å². The van der Waals surface area contributed by atoms with E-state index >= 15 is 0 Å². The Bertz CT molecular complexity index is 738. The van der Waals surface area contributed by atoms with Crippen molar-refractivity contribution in [1.82, 2.24) is 0 Å². The molecular formula is C20H20O. The van der Waals surface area contributed by atoms with Crippen LogP contribution in [0.1, 0.15) is 31.2 Å². The van der Waals surface area contributed by atoms with E-state index in [1.807, 2.05) is 6.26 Å². The first kappa shape index (κ1) is 12.7. The molecule has 0 spiro atoms. The molecular weight excluding hydrogens is 256 g/mol. The zero-order valence-corrected chi connectivity index (χ0v) is 12.4. The van der Waals surface area contributed by atoms with Gasteiger partial charge in [0.25, 0.3) is 0 Å². The lowest BCUT2D eigenvalue weighted by atomic mass is 9.74. The molecule has 0 N–H and O–H groups in total. The van der Waals surface area contributed by atoms with Gasteiger partial charge in [0.1, 0.15) is 6.61 Å². The summed E-state index contributed by atoms with van der Waals surface area (Å²) in [5.41, 5.74) is 4.43. The summed E-state index contributed by atoms with van der Waals surface area (Å²) in [5.74, 6) is 1.25. The molecule has 1 nitrogen and oxygen atoms in total. The number of fused-ring (bicyclic) bond motifs is 1. The maximum Gasteiger partial charge on any atom is 0.109 e. The number of allylic oxidation sites excluding steroid dienone is 2. The zero-order chi connectivity index (χ0) is 14.2. The van der Waals surface area contributed by atoms with Crippen molar-refractivity contribution >= 4 is 10.8 Å². The summed E-state index contributed by atoms with van der Waals surface area (Å²) in [7, 11) is 0. The van der Waals surface area contributed by atoms with Crippen molar-refractivity contribution in [2.75, 3.05) is 6.61 Å². The third-order valence-electron chi connectivity index (χ3n) is 4.79. The molecule has 0 saturated heterocycles. The fourth-order valence-corrected chi connectivity index (χ4v) is 3.78. The molecule has 1 heterocycles. The molecule has 0 amide bonds. The van der Waals surface area contributed by atoms with Gasteiger partial charge in [-0.05, 0) is 52.3 Å². The molecule has 1 aliphatic heterocycles. The highest BCUT2D eigenvalue weighted by molar-refractivity contribution is 5.83. The second-order valence-electron chi connectivity index (χ2n) is 6.38. The van der Waals surface area contributed by atoms with E-state index in [1.54, 1.807) is 0 Å². The van der Waals surface area contributed by atoms with Gasteiger partial charge in [-0.3, -0.25) is 0 Å². The van der Waals surface area contributed by atoms with Crippen molar-refractivity contribution in [3.8, 4) is 0 Å². The minimum Gasteiger partial charge on any atom is -0.497 e. The molecule has 0 aromatic heterocycles. The highest BCUT2D eigenvalue weighted by atomic mass is 16.5. The Labute approximate surface area is 125 Å². The van der Waals surface area contributed by atoms with Gasteiger partial charge in [0.05, 0.1) is 6.26 Å². The van der Waals surface area contributed by atoms with Gasteiger partial charge in [0.2, 0.25) is 0 Å². The molecule has 106 valence electrons. The topological polar surface area (TPSA) is 9.23 Å². The zero-order valence-electron chi connectivity index (χ0n) is 12.4. The van der Waals surface area contributed by atoms with Gasteiger partial charge in [-0.2, -0.15) is 0 Å². The molecule has 0 bridgehead atoms. The largest absolute Gasteiger partial charge is 0.497 e. The second-order valence-corrected chi connectivity index (χ2v) is 6.38. The van der Waals surface area contributed by atoms with E-state index in [0.29, 0.717) is 5.92 Å². The minimum absolute atomic E-state index is 0.522. The van der Waals surface area contributed by atoms with E-state index < -0.39 is 0 Å². The second kappa shape index (κ2) is 5.07.